The summed E-state index contributed by atoms with van der Waals surface area (Å²) >= 11 is 0. The summed E-state index contributed by atoms with van der Waals surface area (Å²) in [6.07, 6.45) is 0. The average Bonchev–Trinajstić information content (AvgIpc) is 2.66. The molecule has 1 aliphatic rings. The molecule has 0 bridgehead atoms. The zero-order valence-corrected chi connectivity index (χ0v) is 9.46. The maximum atomic E-state index is 11.4. The number of hydrogen-bond donors (Lipinski definition) is 2. The second-order valence-electron chi connectivity index (χ2n) is 3.77. The van der Waals surface area contributed by atoms with Crippen LogP contribution in [0.25, 0.3) is 0 Å². The molecule has 0 fully saturated rings. The van der Waals surface area contributed by atoms with Crippen molar-refractivity contribution >= 4 is 11.8 Å². The van der Waals surface area contributed by atoms with Gasteiger partial charge in [-0.05, 0) is 17.7 Å². The number of nitrogens with one attached hydrogen (secondary N) is 2. The molecule has 0 aliphatic carbocycles. The number of rotatable bonds is 1. The van der Waals surface area contributed by atoms with Crippen molar-refractivity contribution in [3.63, 3.8) is 0 Å². The van der Waals surface area contributed by atoms with Gasteiger partial charge in [-0.3, -0.25) is 9.59 Å². The van der Waals surface area contributed by atoms with Crippen LogP contribution < -0.4 is 10.6 Å². The molecule has 2 amide bonds. The molecule has 4 nitrogen and oxygen atoms in total. The summed E-state index contributed by atoms with van der Waals surface area (Å²) in [6.45, 7) is 2.35. The third kappa shape index (κ3) is 2.64. The van der Waals surface area contributed by atoms with E-state index in [-0.39, 0.29) is 11.8 Å². The van der Waals surface area contributed by atoms with Crippen molar-refractivity contribution in [2.75, 3.05) is 6.54 Å². The minimum Gasteiger partial charge on any atom is -0.348 e. The van der Waals surface area contributed by atoms with Crippen molar-refractivity contribution in [3.05, 3.63) is 34.9 Å². The van der Waals surface area contributed by atoms with Crippen LogP contribution >= 0.6 is 0 Å². The third-order valence-corrected chi connectivity index (χ3v) is 2.45. The van der Waals surface area contributed by atoms with Crippen molar-refractivity contribution in [2.45, 2.75) is 13.5 Å². The van der Waals surface area contributed by atoms with Crippen LogP contribution in [0.15, 0.2) is 18.2 Å². The molecule has 0 unspecified atom stereocenters. The van der Waals surface area contributed by atoms with E-state index in [2.05, 4.69) is 22.5 Å². The van der Waals surface area contributed by atoms with Crippen LogP contribution in [0.4, 0.5) is 0 Å². The molecule has 0 saturated heterocycles. The van der Waals surface area contributed by atoms with E-state index in [0.717, 1.165) is 11.1 Å². The first kappa shape index (κ1) is 11.2. The summed E-state index contributed by atoms with van der Waals surface area (Å²) in [5.74, 6) is 5.58. The molecular formula is C13H12N2O2. The summed E-state index contributed by atoms with van der Waals surface area (Å²) in [5, 5.41) is 5.34. The first-order valence-electron chi connectivity index (χ1n) is 5.31. The van der Waals surface area contributed by atoms with Gasteiger partial charge in [-0.15, -0.1) is 0 Å². The van der Waals surface area contributed by atoms with Gasteiger partial charge in [-0.1, -0.05) is 17.9 Å². The molecule has 4 heteroatoms. The lowest BCUT2D eigenvalue weighted by Gasteiger charge is -1.96. The molecule has 0 saturated carbocycles. The Kier molecular flexibility index (Phi) is 3.10. The standard InChI is InChI=1S/C13H12N2O2/c1-9(16)14-6-2-3-10-4-5-11-8-15-13(17)12(11)7-10/h4-5,7H,6,8H2,1H3,(H,14,16)(H,15,17). The first-order valence-corrected chi connectivity index (χ1v) is 5.31. The Morgan fingerprint density at radius 3 is 3.12 bits per heavy atom. The second kappa shape index (κ2) is 4.71. The molecule has 1 aliphatic heterocycles. The van der Waals surface area contributed by atoms with E-state index < -0.39 is 0 Å². The number of amides is 2. The number of fused-ring (bicyclic) bond motifs is 1. The van der Waals surface area contributed by atoms with E-state index in [1.807, 2.05) is 12.1 Å². The topological polar surface area (TPSA) is 58.2 Å². The van der Waals surface area contributed by atoms with E-state index in [0.29, 0.717) is 18.7 Å². The predicted molar refractivity (Wildman–Crippen MR) is 63.2 cm³/mol. The molecule has 1 aromatic carbocycles. The highest BCUT2D eigenvalue weighted by Crippen LogP contribution is 2.16. The number of carbonyl (C=O) groups is 2. The molecule has 0 radical (unpaired) electrons. The maximum Gasteiger partial charge on any atom is 0.251 e. The highest BCUT2D eigenvalue weighted by molar-refractivity contribution is 5.98. The molecule has 1 aromatic rings. The average molecular weight is 228 g/mol. The number of carbonyl (C=O) groups excluding carboxylic acids is 2. The first-order chi connectivity index (χ1) is 8.16. The molecule has 0 atom stereocenters. The summed E-state index contributed by atoms with van der Waals surface area (Å²) in [6, 6.07) is 5.55. The SMILES string of the molecule is CC(=O)NCC#Cc1ccc2c(c1)C(=O)NC2. The van der Waals surface area contributed by atoms with Gasteiger partial charge in [0.15, 0.2) is 0 Å². The summed E-state index contributed by atoms with van der Waals surface area (Å²) in [5.41, 5.74) is 2.48. The zero-order valence-electron chi connectivity index (χ0n) is 9.46. The van der Waals surface area contributed by atoms with Gasteiger partial charge in [0.05, 0.1) is 6.54 Å². The van der Waals surface area contributed by atoms with E-state index >= 15 is 0 Å². The second-order valence-corrected chi connectivity index (χ2v) is 3.77. The van der Waals surface area contributed by atoms with Crippen LogP contribution in [0.3, 0.4) is 0 Å². The van der Waals surface area contributed by atoms with Crippen molar-refractivity contribution in [1.29, 1.82) is 0 Å². The van der Waals surface area contributed by atoms with Crippen molar-refractivity contribution in [1.82, 2.24) is 10.6 Å². The van der Waals surface area contributed by atoms with Gasteiger partial charge in [-0.2, -0.15) is 0 Å². The van der Waals surface area contributed by atoms with Crippen LogP contribution in [0.2, 0.25) is 0 Å². The molecule has 2 N–H and O–H groups in total. The zero-order chi connectivity index (χ0) is 12.3. The minimum atomic E-state index is -0.104. The van der Waals surface area contributed by atoms with E-state index in [1.54, 1.807) is 6.07 Å². The van der Waals surface area contributed by atoms with Crippen LogP contribution in [-0.4, -0.2) is 18.4 Å². The molecular weight excluding hydrogens is 216 g/mol. The lowest BCUT2D eigenvalue weighted by molar-refractivity contribution is -0.118. The fraction of sp³-hybridized carbons (Fsp3) is 0.231. The van der Waals surface area contributed by atoms with Gasteiger partial charge >= 0.3 is 0 Å². The van der Waals surface area contributed by atoms with Crippen LogP contribution in [0.1, 0.15) is 28.4 Å². The summed E-state index contributed by atoms with van der Waals surface area (Å²) < 4.78 is 0. The van der Waals surface area contributed by atoms with Gasteiger partial charge in [-0.25, -0.2) is 0 Å². The largest absolute Gasteiger partial charge is 0.348 e. The van der Waals surface area contributed by atoms with Crippen LogP contribution in [-0.2, 0) is 11.3 Å². The monoisotopic (exact) mass is 228 g/mol. The van der Waals surface area contributed by atoms with Gasteiger partial charge in [0, 0.05) is 24.6 Å². The lowest BCUT2D eigenvalue weighted by atomic mass is 10.1. The fourth-order valence-electron chi connectivity index (χ4n) is 1.61. The lowest BCUT2D eigenvalue weighted by Crippen LogP contribution is -2.19. The van der Waals surface area contributed by atoms with Gasteiger partial charge in [0.1, 0.15) is 0 Å². The number of benzene rings is 1. The van der Waals surface area contributed by atoms with Crippen molar-refractivity contribution in [3.8, 4) is 11.8 Å². The smallest absolute Gasteiger partial charge is 0.251 e. The Morgan fingerprint density at radius 2 is 2.35 bits per heavy atom. The van der Waals surface area contributed by atoms with Gasteiger partial charge < -0.3 is 10.6 Å². The van der Waals surface area contributed by atoms with Gasteiger partial charge in [0.25, 0.3) is 5.91 Å². The maximum absolute atomic E-state index is 11.4. The normalized spacial score (nSPS) is 12.2. The Labute approximate surface area is 99.4 Å². The van der Waals surface area contributed by atoms with Gasteiger partial charge in [0.2, 0.25) is 5.91 Å². The highest BCUT2D eigenvalue weighted by atomic mass is 16.2. The summed E-state index contributed by atoms with van der Waals surface area (Å²) in [7, 11) is 0. The van der Waals surface area contributed by atoms with E-state index in [1.165, 1.54) is 6.92 Å². The van der Waals surface area contributed by atoms with Crippen molar-refractivity contribution < 1.29 is 9.59 Å². The predicted octanol–water partition coefficient (Wildman–Crippen LogP) is 0.418. The Bertz CT molecular complexity index is 538. The molecule has 0 spiro atoms. The number of hydrogen-bond acceptors (Lipinski definition) is 2. The molecule has 17 heavy (non-hydrogen) atoms. The Morgan fingerprint density at radius 1 is 1.53 bits per heavy atom. The molecule has 2 rings (SSSR count). The third-order valence-electron chi connectivity index (χ3n) is 2.45. The highest BCUT2D eigenvalue weighted by Gasteiger charge is 2.17. The summed E-state index contributed by atoms with van der Waals surface area (Å²) in [4.78, 5) is 22.0. The Hall–Kier alpha value is -2.28. The molecule has 0 aromatic heterocycles. The van der Waals surface area contributed by atoms with E-state index in [4.69, 9.17) is 0 Å². The Balaban J connectivity index is 2.10. The fourth-order valence-corrected chi connectivity index (χ4v) is 1.61. The van der Waals surface area contributed by atoms with E-state index in [9.17, 15) is 9.59 Å². The molecule has 86 valence electrons. The van der Waals surface area contributed by atoms with Crippen LogP contribution in [0, 0.1) is 11.8 Å². The van der Waals surface area contributed by atoms with Crippen LogP contribution in [0.5, 0.6) is 0 Å². The van der Waals surface area contributed by atoms with Crippen molar-refractivity contribution in [2.24, 2.45) is 0 Å². The minimum absolute atomic E-state index is 0.0505. The quantitative estimate of drug-likeness (QED) is 0.684. The molecule has 1 heterocycles.